The third-order valence-electron chi connectivity index (χ3n) is 5.60. The zero-order valence-electron chi connectivity index (χ0n) is 15.4. The number of phenolic OH excluding ortho intramolecular Hbond substituents is 2. The topological polar surface area (TPSA) is 71.4 Å². The van der Waals surface area contributed by atoms with Gasteiger partial charge in [-0.25, -0.2) is 0 Å². The second-order valence-electron chi connectivity index (χ2n) is 6.81. The molecular formula is C20H23NO5. The molecule has 1 atom stereocenters. The van der Waals surface area contributed by atoms with E-state index in [-0.39, 0.29) is 17.5 Å². The van der Waals surface area contributed by atoms with Gasteiger partial charge in [-0.05, 0) is 48.7 Å². The van der Waals surface area contributed by atoms with Crippen LogP contribution in [0.2, 0.25) is 0 Å². The number of aromatic hydroxyl groups is 2. The molecule has 4 rings (SSSR count). The fourth-order valence-corrected chi connectivity index (χ4v) is 4.34. The maximum atomic E-state index is 10.8. The molecule has 2 aromatic carbocycles. The molecule has 0 radical (unpaired) electrons. The maximum absolute atomic E-state index is 10.8. The highest BCUT2D eigenvalue weighted by atomic mass is 16.5. The molecule has 0 saturated heterocycles. The van der Waals surface area contributed by atoms with Crippen molar-refractivity contribution in [2.75, 3.05) is 34.9 Å². The monoisotopic (exact) mass is 357 g/mol. The van der Waals surface area contributed by atoms with E-state index in [9.17, 15) is 10.2 Å². The molecule has 1 unspecified atom stereocenters. The number of likely N-dealkylation sites (N-methyl/N-ethyl adjacent to an activating group) is 1. The molecule has 6 heteroatoms. The van der Waals surface area contributed by atoms with Crippen LogP contribution in [0.5, 0.6) is 28.7 Å². The highest BCUT2D eigenvalue weighted by Crippen LogP contribution is 2.57. The first-order valence-corrected chi connectivity index (χ1v) is 8.61. The number of fused-ring (bicyclic) bond motifs is 2. The van der Waals surface area contributed by atoms with Crippen LogP contribution in [0, 0.1) is 0 Å². The van der Waals surface area contributed by atoms with Crippen LogP contribution in [0.15, 0.2) is 12.1 Å². The van der Waals surface area contributed by atoms with Gasteiger partial charge in [-0.1, -0.05) is 0 Å². The van der Waals surface area contributed by atoms with Crippen LogP contribution in [-0.2, 0) is 12.8 Å². The normalized spacial score (nSPS) is 18.1. The standard InChI is InChI=1S/C20H23NO5/c1-21-6-5-11-16-13(21)7-10-8-14(22)15(24-2)9-12(10)17(16)19(25-3)20(26-4)18(11)23/h8-9,13,22-23H,5-7H2,1-4H3. The molecule has 1 aliphatic heterocycles. The molecular weight excluding hydrogens is 334 g/mol. The molecule has 138 valence electrons. The van der Waals surface area contributed by atoms with Gasteiger partial charge in [0.1, 0.15) is 0 Å². The number of rotatable bonds is 3. The third kappa shape index (κ3) is 2.15. The first kappa shape index (κ1) is 16.8. The Kier molecular flexibility index (Phi) is 3.88. The fourth-order valence-electron chi connectivity index (χ4n) is 4.34. The lowest BCUT2D eigenvalue weighted by Gasteiger charge is -2.41. The summed E-state index contributed by atoms with van der Waals surface area (Å²) in [6.45, 7) is 0.845. The van der Waals surface area contributed by atoms with E-state index in [4.69, 9.17) is 14.2 Å². The van der Waals surface area contributed by atoms with E-state index in [1.165, 1.54) is 14.2 Å². The highest BCUT2D eigenvalue weighted by Gasteiger charge is 2.39. The fraction of sp³-hybridized carbons (Fsp3) is 0.400. The Morgan fingerprint density at radius 1 is 1.04 bits per heavy atom. The minimum atomic E-state index is 0.111. The van der Waals surface area contributed by atoms with Gasteiger partial charge in [0.15, 0.2) is 23.0 Å². The van der Waals surface area contributed by atoms with Gasteiger partial charge >= 0.3 is 0 Å². The Morgan fingerprint density at radius 3 is 2.42 bits per heavy atom. The van der Waals surface area contributed by atoms with Gasteiger partial charge in [0, 0.05) is 23.7 Å². The summed E-state index contributed by atoms with van der Waals surface area (Å²) in [5.74, 6) is 1.56. The van der Waals surface area contributed by atoms with Crippen LogP contribution in [0.1, 0.15) is 22.7 Å². The Labute approximate surface area is 152 Å². The molecule has 0 spiro atoms. The number of phenols is 2. The summed E-state index contributed by atoms with van der Waals surface area (Å²) in [6.07, 6.45) is 1.49. The van der Waals surface area contributed by atoms with Crippen LogP contribution in [0.3, 0.4) is 0 Å². The van der Waals surface area contributed by atoms with Gasteiger partial charge in [-0.3, -0.25) is 4.90 Å². The van der Waals surface area contributed by atoms with Crippen molar-refractivity contribution in [2.45, 2.75) is 18.9 Å². The van der Waals surface area contributed by atoms with Crippen molar-refractivity contribution in [1.82, 2.24) is 4.90 Å². The summed E-state index contributed by atoms with van der Waals surface area (Å²) in [4.78, 5) is 2.28. The number of hydrogen-bond donors (Lipinski definition) is 2. The van der Waals surface area contributed by atoms with E-state index in [0.29, 0.717) is 17.2 Å². The second-order valence-corrected chi connectivity index (χ2v) is 6.81. The van der Waals surface area contributed by atoms with Crippen molar-refractivity contribution < 1.29 is 24.4 Å². The predicted octanol–water partition coefficient (Wildman–Crippen LogP) is 2.88. The molecule has 0 amide bonds. The molecule has 0 bridgehead atoms. The number of ether oxygens (including phenoxy) is 3. The smallest absolute Gasteiger partial charge is 0.204 e. The molecule has 2 aromatic rings. The minimum absolute atomic E-state index is 0.111. The minimum Gasteiger partial charge on any atom is -0.504 e. The zero-order valence-corrected chi connectivity index (χ0v) is 15.4. The van der Waals surface area contributed by atoms with Crippen LogP contribution in [-0.4, -0.2) is 50.0 Å². The summed E-state index contributed by atoms with van der Waals surface area (Å²) in [6, 6.07) is 3.71. The number of benzene rings is 2. The molecule has 0 fully saturated rings. The summed E-state index contributed by atoms with van der Waals surface area (Å²) in [5, 5.41) is 21.0. The van der Waals surface area contributed by atoms with Crippen molar-refractivity contribution in [3.63, 3.8) is 0 Å². The highest BCUT2D eigenvalue weighted by molar-refractivity contribution is 5.87. The van der Waals surface area contributed by atoms with E-state index in [2.05, 4.69) is 11.9 Å². The largest absolute Gasteiger partial charge is 0.504 e. The Hall–Kier alpha value is -2.60. The SMILES string of the molecule is COc1cc2c(cc1O)CC1c3c(c(O)c(OC)c(OC)c3-2)CCN1C. The molecule has 2 aliphatic rings. The van der Waals surface area contributed by atoms with Crippen LogP contribution in [0.25, 0.3) is 11.1 Å². The predicted molar refractivity (Wildman–Crippen MR) is 97.6 cm³/mol. The van der Waals surface area contributed by atoms with Gasteiger partial charge in [0.2, 0.25) is 5.75 Å². The summed E-state index contributed by atoms with van der Waals surface area (Å²) in [5.41, 5.74) is 4.87. The Balaban J connectivity index is 2.12. The maximum Gasteiger partial charge on any atom is 0.204 e. The molecule has 26 heavy (non-hydrogen) atoms. The molecule has 0 saturated carbocycles. The van der Waals surface area contributed by atoms with E-state index in [1.807, 2.05) is 6.07 Å². The lowest BCUT2D eigenvalue weighted by molar-refractivity contribution is 0.223. The van der Waals surface area contributed by atoms with E-state index in [0.717, 1.165) is 47.2 Å². The van der Waals surface area contributed by atoms with E-state index in [1.54, 1.807) is 13.2 Å². The van der Waals surface area contributed by atoms with Gasteiger partial charge in [-0.15, -0.1) is 0 Å². The van der Waals surface area contributed by atoms with Gasteiger partial charge < -0.3 is 24.4 Å². The summed E-state index contributed by atoms with van der Waals surface area (Å²) in [7, 11) is 6.72. The van der Waals surface area contributed by atoms with Gasteiger partial charge in [0.25, 0.3) is 0 Å². The van der Waals surface area contributed by atoms with Gasteiger partial charge in [0.05, 0.1) is 21.3 Å². The average Bonchev–Trinajstić information content (AvgIpc) is 2.64. The van der Waals surface area contributed by atoms with E-state index >= 15 is 0 Å². The number of nitrogens with zero attached hydrogens (tertiary/aromatic N) is 1. The van der Waals surface area contributed by atoms with Crippen molar-refractivity contribution in [2.24, 2.45) is 0 Å². The van der Waals surface area contributed by atoms with Gasteiger partial charge in [-0.2, -0.15) is 0 Å². The summed E-state index contributed by atoms with van der Waals surface area (Å²) >= 11 is 0. The second kappa shape index (κ2) is 5.99. The first-order chi connectivity index (χ1) is 12.5. The van der Waals surface area contributed by atoms with Crippen LogP contribution in [0.4, 0.5) is 0 Å². The quantitative estimate of drug-likeness (QED) is 0.880. The molecule has 1 aliphatic carbocycles. The van der Waals surface area contributed by atoms with Crippen molar-refractivity contribution >= 4 is 0 Å². The van der Waals surface area contributed by atoms with Crippen molar-refractivity contribution in [3.8, 4) is 39.9 Å². The van der Waals surface area contributed by atoms with Crippen LogP contribution >= 0.6 is 0 Å². The molecule has 0 aromatic heterocycles. The Morgan fingerprint density at radius 2 is 1.77 bits per heavy atom. The third-order valence-corrected chi connectivity index (χ3v) is 5.60. The lowest BCUT2D eigenvalue weighted by Crippen LogP contribution is -2.35. The van der Waals surface area contributed by atoms with Crippen LogP contribution < -0.4 is 14.2 Å². The zero-order chi connectivity index (χ0) is 18.6. The van der Waals surface area contributed by atoms with E-state index < -0.39 is 0 Å². The lowest BCUT2D eigenvalue weighted by atomic mass is 9.76. The molecule has 6 nitrogen and oxygen atoms in total. The summed E-state index contributed by atoms with van der Waals surface area (Å²) < 4.78 is 16.5. The molecule has 1 heterocycles. The average molecular weight is 357 g/mol. The Bertz CT molecular complexity index is 893. The van der Waals surface area contributed by atoms with Crippen molar-refractivity contribution in [3.05, 3.63) is 28.8 Å². The van der Waals surface area contributed by atoms with Crippen molar-refractivity contribution in [1.29, 1.82) is 0 Å². The molecule has 2 N–H and O–H groups in total. The first-order valence-electron chi connectivity index (χ1n) is 8.61. The number of methoxy groups -OCH3 is 3. The number of hydrogen-bond acceptors (Lipinski definition) is 6.